The number of rotatable bonds is 5. The molecule has 2 aromatic rings. The molecule has 1 aromatic carbocycles. The highest BCUT2D eigenvalue weighted by Gasteiger charge is 1.98. The van der Waals surface area contributed by atoms with Gasteiger partial charge in [0.25, 0.3) is 0 Å². The lowest BCUT2D eigenvalue weighted by Gasteiger charge is -2.07. The monoisotopic (exact) mass is 245 g/mol. The summed E-state index contributed by atoms with van der Waals surface area (Å²) in [6.07, 6.45) is 1.62. The molecule has 0 amide bonds. The Hall–Kier alpha value is -2.27. The molecule has 2 rings (SSSR count). The molecule has 0 spiro atoms. The summed E-state index contributed by atoms with van der Waals surface area (Å²) in [6, 6.07) is 11.3. The maximum Gasteiger partial charge on any atom is 0.140 e. The predicted molar refractivity (Wildman–Crippen MR) is 69.4 cm³/mol. The molecule has 0 unspecified atom stereocenters. The summed E-state index contributed by atoms with van der Waals surface area (Å²) in [7, 11) is 1.64. The first-order valence-electron chi connectivity index (χ1n) is 5.50. The molecular weight excluding hydrogens is 230 g/mol. The number of hydrogen-bond donors (Lipinski definition) is 2. The maximum absolute atomic E-state index is 5.59. The van der Waals surface area contributed by atoms with Gasteiger partial charge in [0.15, 0.2) is 0 Å². The molecular formula is C13H15N3O2. The quantitative estimate of drug-likeness (QED) is 0.622. The number of benzene rings is 1. The Morgan fingerprint density at radius 2 is 1.83 bits per heavy atom. The van der Waals surface area contributed by atoms with Crippen molar-refractivity contribution in [3.63, 3.8) is 0 Å². The van der Waals surface area contributed by atoms with Crippen molar-refractivity contribution in [2.75, 3.05) is 12.5 Å². The third-order valence-corrected chi connectivity index (χ3v) is 2.45. The van der Waals surface area contributed by atoms with Crippen LogP contribution in [-0.2, 0) is 6.61 Å². The zero-order valence-electron chi connectivity index (χ0n) is 10.1. The highest BCUT2D eigenvalue weighted by Crippen LogP contribution is 2.15. The van der Waals surface area contributed by atoms with E-state index in [1.807, 2.05) is 30.3 Å². The van der Waals surface area contributed by atoms with Crippen molar-refractivity contribution < 1.29 is 9.47 Å². The molecule has 1 heterocycles. The Bertz CT molecular complexity index is 435. The molecule has 0 aliphatic carbocycles. The van der Waals surface area contributed by atoms with Crippen LogP contribution < -0.4 is 20.7 Å². The van der Waals surface area contributed by atoms with Crippen LogP contribution >= 0.6 is 0 Å². The van der Waals surface area contributed by atoms with Gasteiger partial charge in [-0.25, -0.2) is 10.8 Å². The lowest BCUT2D eigenvalue weighted by atomic mass is 10.2. The predicted octanol–water partition coefficient (Wildman–Crippen LogP) is 1.95. The van der Waals surface area contributed by atoms with Gasteiger partial charge in [-0.2, -0.15) is 0 Å². The standard InChI is InChI=1S/C13H15N3O2/c1-17-11-4-2-10(3-5-11)9-18-12-6-7-13(16-14)15-8-12/h2-8H,9,14H2,1H3,(H,15,16). The van der Waals surface area contributed by atoms with Crippen molar-refractivity contribution in [1.82, 2.24) is 4.98 Å². The van der Waals surface area contributed by atoms with Gasteiger partial charge in [0.2, 0.25) is 0 Å². The molecule has 0 aliphatic rings. The van der Waals surface area contributed by atoms with E-state index in [4.69, 9.17) is 15.3 Å². The Morgan fingerprint density at radius 3 is 2.39 bits per heavy atom. The number of anilines is 1. The normalized spacial score (nSPS) is 9.89. The molecule has 1 aromatic heterocycles. The molecule has 0 saturated heterocycles. The largest absolute Gasteiger partial charge is 0.497 e. The van der Waals surface area contributed by atoms with E-state index in [1.165, 1.54) is 0 Å². The molecule has 0 bridgehead atoms. The molecule has 5 heteroatoms. The minimum atomic E-state index is 0.487. The third-order valence-electron chi connectivity index (χ3n) is 2.45. The van der Waals surface area contributed by atoms with Crippen molar-refractivity contribution in [1.29, 1.82) is 0 Å². The zero-order chi connectivity index (χ0) is 12.8. The summed E-state index contributed by atoms with van der Waals surface area (Å²) in [5, 5.41) is 0. The minimum absolute atomic E-state index is 0.487. The van der Waals surface area contributed by atoms with Gasteiger partial charge >= 0.3 is 0 Å². The van der Waals surface area contributed by atoms with E-state index in [2.05, 4.69) is 10.4 Å². The summed E-state index contributed by atoms with van der Waals surface area (Å²) in [6.45, 7) is 0.487. The summed E-state index contributed by atoms with van der Waals surface area (Å²) in [5.41, 5.74) is 3.53. The molecule has 0 aliphatic heterocycles. The van der Waals surface area contributed by atoms with Crippen molar-refractivity contribution in [3.8, 4) is 11.5 Å². The Kier molecular flexibility index (Phi) is 3.98. The summed E-state index contributed by atoms with van der Waals surface area (Å²) in [5.74, 6) is 7.36. The summed E-state index contributed by atoms with van der Waals surface area (Å²) in [4.78, 5) is 4.06. The van der Waals surface area contributed by atoms with Gasteiger partial charge in [-0.1, -0.05) is 12.1 Å². The van der Waals surface area contributed by atoms with Crippen molar-refractivity contribution in [2.45, 2.75) is 6.61 Å². The molecule has 0 saturated carbocycles. The van der Waals surface area contributed by atoms with E-state index < -0.39 is 0 Å². The number of nitrogens with zero attached hydrogens (tertiary/aromatic N) is 1. The molecule has 0 radical (unpaired) electrons. The maximum atomic E-state index is 5.59. The lowest BCUT2D eigenvalue weighted by molar-refractivity contribution is 0.305. The number of nitrogen functional groups attached to an aromatic ring is 1. The highest BCUT2D eigenvalue weighted by atomic mass is 16.5. The van der Waals surface area contributed by atoms with Gasteiger partial charge in [-0.15, -0.1) is 0 Å². The number of pyridine rings is 1. The van der Waals surface area contributed by atoms with Crippen molar-refractivity contribution >= 4 is 5.82 Å². The second-order valence-electron chi connectivity index (χ2n) is 3.66. The van der Waals surface area contributed by atoms with Gasteiger partial charge in [0.1, 0.15) is 23.9 Å². The fourth-order valence-electron chi connectivity index (χ4n) is 1.44. The van der Waals surface area contributed by atoms with E-state index in [0.717, 1.165) is 11.3 Å². The Balaban J connectivity index is 1.93. The number of aromatic nitrogens is 1. The molecule has 94 valence electrons. The van der Waals surface area contributed by atoms with Crippen LogP contribution in [0, 0.1) is 0 Å². The first-order chi connectivity index (χ1) is 8.81. The number of nitrogens with two attached hydrogens (primary N) is 1. The number of hydrazine groups is 1. The molecule has 18 heavy (non-hydrogen) atoms. The van der Waals surface area contributed by atoms with Crippen LogP contribution in [0.2, 0.25) is 0 Å². The van der Waals surface area contributed by atoms with Crippen LogP contribution in [0.4, 0.5) is 5.82 Å². The van der Waals surface area contributed by atoms with Crippen LogP contribution in [-0.4, -0.2) is 12.1 Å². The van der Waals surface area contributed by atoms with Gasteiger partial charge < -0.3 is 14.9 Å². The van der Waals surface area contributed by atoms with Crippen molar-refractivity contribution in [2.24, 2.45) is 5.84 Å². The summed E-state index contributed by atoms with van der Waals surface area (Å²) >= 11 is 0. The van der Waals surface area contributed by atoms with Crippen LogP contribution in [0.1, 0.15) is 5.56 Å². The fourth-order valence-corrected chi connectivity index (χ4v) is 1.44. The Morgan fingerprint density at radius 1 is 1.11 bits per heavy atom. The van der Waals surface area contributed by atoms with Gasteiger partial charge in [0, 0.05) is 0 Å². The first kappa shape index (κ1) is 12.2. The lowest BCUT2D eigenvalue weighted by Crippen LogP contribution is -2.08. The second kappa shape index (κ2) is 5.88. The van der Waals surface area contributed by atoms with Crippen molar-refractivity contribution in [3.05, 3.63) is 48.2 Å². The molecule has 0 atom stereocenters. The van der Waals surface area contributed by atoms with E-state index >= 15 is 0 Å². The number of methoxy groups -OCH3 is 1. The Labute approximate surface area is 106 Å². The average molecular weight is 245 g/mol. The second-order valence-corrected chi connectivity index (χ2v) is 3.66. The van der Waals surface area contributed by atoms with E-state index in [1.54, 1.807) is 19.4 Å². The van der Waals surface area contributed by atoms with E-state index in [-0.39, 0.29) is 0 Å². The third kappa shape index (κ3) is 3.11. The zero-order valence-corrected chi connectivity index (χ0v) is 10.1. The van der Waals surface area contributed by atoms with Crippen LogP contribution in [0.25, 0.3) is 0 Å². The average Bonchev–Trinajstić information content (AvgIpc) is 2.46. The first-order valence-corrected chi connectivity index (χ1v) is 5.50. The van der Waals surface area contributed by atoms with Gasteiger partial charge in [-0.3, -0.25) is 0 Å². The number of nitrogens with one attached hydrogen (secondary N) is 1. The summed E-state index contributed by atoms with van der Waals surface area (Å²) < 4.78 is 10.7. The highest BCUT2D eigenvalue weighted by molar-refractivity contribution is 5.36. The van der Waals surface area contributed by atoms with E-state index in [9.17, 15) is 0 Å². The van der Waals surface area contributed by atoms with Crippen LogP contribution in [0.15, 0.2) is 42.6 Å². The van der Waals surface area contributed by atoms with Gasteiger partial charge in [-0.05, 0) is 29.8 Å². The van der Waals surface area contributed by atoms with Crippen LogP contribution in [0.5, 0.6) is 11.5 Å². The fraction of sp³-hybridized carbons (Fsp3) is 0.154. The van der Waals surface area contributed by atoms with Crippen LogP contribution in [0.3, 0.4) is 0 Å². The molecule has 3 N–H and O–H groups in total. The SMILES string of the molecule is COc1ccc(COc2ccc(NN)nc2)cc1. The smallest absolute Gasteiger partial charge is 0.140 e. The van der Waals surface area contributed by atoms with Gasteiger partial charge in [0.05, 0.1) is 13.3 Å². The minimum Gasteiger partial charge on any atom is -0.497 e. The number of hydrogen-bond acceptors (Lipinski definition) is 5. The number of ether oxygens (including phenoxy) is 2. The molecule has 0 fully saturated rings. The van der Waals surface area contributed by atoms with E-state index in [0.29, 0.717) is 18.2 Å². The molecule has 5 nitrogen and oxygen atoms in total. The topological polar surface area (TPSA) is 69.4 Å².